The van der Waals surface area contributed by atoms with Crippen LogP contribution in [0.4, 0.5) is 16.6 Å². The maximum atomic E-state index is 11.8. The number of anilines is 2. The van der Waals surface area contributed by atoms with Crippen LogP contribution < -0.4 is 10.6 Å². The molecule has 1 aliphatic heterocycles. The fourth-order valence-corrected chi connectivity index (χ4v) is 3.02. The van der Waals surface area contributed by atoms with Crippen molar-refractivity contribution in [3.63, 3.8) is 0 Å². The molecule has 27 heavy (non-hydrogen) atoms. The number of aryl methyl sites for hydroxylation is 1. The molecule has 1 saturated heterocycles. The second-order valence-corrected chi connectivity index (χ2v) is 6.53. The summed E-state index contributed by atoms with van der Waals surface area (Å²) < 4.78 is 5.06. The maximum Gasteiger partial charge on any atom is 0.409 e. The van der Waals surface area contributed by atoms with Crippen molar-refractivity contribution in [2.75, 3.05) is 30.3 Å². The second kappa shape index (κ2) is 9.16. The maximum absolute atomic E-state index is 11.8. The fraction of sp³-hybridized carbons (Fsp3) is 0.474. The van der Waals surface area contributed by atoms with Crippen LogP contribution in [-0.4, -0.2) is 51.7 Å². The summed E-state index contributed by atoms with van der Waals surface area (Å²) in [6.45, 7) is 6.21. The van der Waals surface area contributed by atoms with Gasteiger partial charge >= 0.3 is 6.09 Å². The highest BCUT2D eigenvalue weighted by Crippen LogP contribution is 2.17. The van der Waals surface area contributed by atoms with Gasteiger partial charge in [-0.1, -0.05) is 0 Å². The van der Waals surface area contributed by atoms with Crippen molar-refractivity contribution in [2.45, 2.75) is 39.3 Å². The number of likely N-dealkylation sites (tertiary alicyclic amines) is 1. The van der Waals surface area contributed by atoms with Gasteiger partial charge in [-0.25, -0.2) is 9.78 Å². The van der Waals surface area contributed by atoms with Gasteiger partial charge in [-0.05, 0) is 44.4 Å². The quantitative estimate of drug-likeness (QED) is 0.808. The van der Waals surface area contributed by atoms with Gasteiger partial charge in [0.25, 0.3) is 0 Å². The normalized spacial score (nSPS) is 14.7. The van der Waals surface area contributed by atoms with Gasteiger partial charge in [-0.15, -0.1) is 0 Å². The highest BCUT2D eigenvalue weighted by molar-refractivity contribution is 5.67. The topological polar surface area (TPSA) is 92.3 Å². The minimum absolute atomic E-state index is 0.231. The van der Waals surface area contributed by atoms with E-state index in [4.69, 9.17) is 4.74 Å². The fourth-order valence-electron chi connectivity index (χ4n) is 3.02. The SMILES string of the molecule is CCOC(=O)N1CCC(Nc2nc(C)cc(NCc3ccncc3)n2)CC1. The Kier molecular flexibility index (Phi) is 6.40. The van der Waals surface area contributed by atoms with Gasteiger partial charge in [0, 0.05) is 49.8 Å². The lowest BCUT2D eigenvalue weighted by atomic mass is 10.1. The van der Waals surface area contributed by atoms with E-state index in [-0.39, 0.29) is 12.1 Å². The van der Waals surface area contributed by atoms with Crippen molar-refractivity contribution < 1.29 is 9.53 Å². The number of hydrogen-bond donors (Lipinski definition) is 2. The predicted octanol–water partition coefficient (Wildman–Crippen LogP) is 2.82. The Hall–Kier alpha value is -2.90. The van der Waals surface area contributed by atoms with Gasteiger partial charge in [0.1, 0.15) is 5.82 Å². The average molecular weight is 370 g/mol. The summed E-state index contributed by atoms with van der Waals surface area (Å²) >= 11 is 0. The molecule has 3 heterocycles. The molecule has 0 aliphatic carbocycles. The summed E-state index contributed by atoms with van der Waals surface area (Å²) in [5, 5.41) is 6.73. The first-order valence-corrected chi connectivity index (χ1v) is 9.30. The zero-order valence-electron chi connectivity index (χ0n) is 15.8. The first-order valence-electron chi connectivity index (χ1n) is 9.30. The van der Waals surface area contributed by atoms with E-state index in [0.717, 1.165) is 29.9 Å². The Bertz CT molecular complexity index is 747. The number of aromatic nitrogens is 3. The van der Waals surface area contributed by atoms with E-state index >= 15 is 0 Å². The largest absolute Gasteiger partial charge is 0.450 e. The molecule has 1 amide bonds. The van der Waals surface area contributed by atoms with Crippen LogP contribution >= 0.6 is 0 Å². The molecule has 2 N–H and O–H groups in total. The number of carbonyl (C=O) groups is 1. The molecular formula is C19H26N6O2. The van der Waals surface area contributed by atoms with E-state index < -0.39 is 0 Å². The third-order valence-corrected chi connectivity index (χ3v) is 4.43. The molecule has 0 unspecified atom stereocenters. The Morgan fingerprint density at radius 3 is 2.70 bits per heavy atom. The molecular weight excluding hydrogens is 344 g/mol. The number of ether oxygens (including phenoxy) is 1. The summed E-state index contributed by atoms with van der Waals surface area (Å²) in [4.78, 5) is 26.6. The van der Waals surface area contributed by atoms with Crippen LogP contribution in [0.25, 0.3) is 0 Å². The molecule has 1 aliphatic rings. The highest BCUT2D eigenvalue weighted by atomic mass is 16.6. The van der Waals surface area contributed by atoms with Gasteiger partial charge in [0.15, 0.2) is 0 Å². The number of amides is 1. The minimum Gasteiger partial charge on any atom is -0.450 e. The molecule has 8 nitrogen and oxygen atoms in total. The van der Waals surface area contributed by atoms with Crippen molar-refractivity contribution in [3.05, 3.63) is 41.9 Å². The van der Waals surface area contributed by atoms with Gasteiger partial charge < -0.3 is 20.3 Å². The zero-order chi connectivity index (χ0) is 19.1. The van der Waals surface area contributed by atoms with Crippen LogP contribution in [0.5, 0.6) is 0 Å². The van der Waals surface area contributed by atoms with Crippen molar-refractivity contribution >= 4 is 17.9 Å². The van der Waals surface area contributed by atoms with E-state index in [9.17, 15) is 4.79 Å². The molecule has 0 atom stereocenters. The summed E-state index contributed by atoms with van der Waals surface area (Å²) in [6, 6.07) is 6.11. The molecule has 0 spiro atoms. The Balaban J connectivity index is 1.54. The summed E-state index contributed by atoms with van der Waals surface area (Å²) in [7, 11) is 0. The number of hydrogen-bond acceptors (Lipinski definition) is 7. The number of rotatable bonds is 6. The standard InChI is InChI=1S/C19H26N6O2/c1-3-27-19(26)25-10-6-16(7-11-25)23-18-22-14(2)12-17(24-18)21-13-15-4-8-20-9-5-15/h4-5,8-9,12,16H,3,6-7,10-11,13H2,1-2H3,(H2,21,22,23,24). The molecule has 0 saturated carbocycles. The molecule has 1 fully saturated rings. The van der Waals surface area contributed by atoms with Crippen LogP contribution in [0.2, 0.25) is 0 Å². The molecule has 0 bridgehead atoms. The summed E-state index contributed by atoms with van der Waals surface area (Å²) in [6.07, 6.45) is 5.01. The number of nitrogens with zero attached hydrogens (tertiary/aromatic N) is 4. The van der Waals surface area contributed by atoms with Gasteiger partial charge in [0.05, 0.1) is 6.61 Å². The van der Waals surface area contributed by atoms with E-state index in [1.807, 2.05) is 32.0 Å². The summed E-state index contributed by atoms with van der Waals surface area (Å²) in [5.41, 5.74) is 2.04. The average Bonchev–Trinajstić information content (AvgIpc) is 2.67. The number of pyridine rings is 1. The third kappa shape index (κ3) is 5.54. The zero-order valence-corrected chi connectivity index (χ0v) is 15.8. The second-order valence-electron chi connectivity index (χ2n) is 6.53. The molecule has 2 aromatic heterocycles. The van der Waals surface area contributed by atoms with Crippen LogP contribution in [0.3, 0.4) is 0 Å². The Morgan fingerprint density at radius 2 is 2.00 bits per heavy atom. The van der Waals surface area contributed by atoms with Crippen molar-refractivity contribution in [1.82, 2.24) is 19.9 Å². The number of nitrogens with one attached hydrogen (secondary N) is 2. The summed E-state index contributed by atoms with van der Waals surface area (Å²) in [5.74, 6) is 1.40. The molecule has 3 rings (SSSR count). The molecule has 0 aromatic carbocycles. The smallest absolute Gasteiger partial charge is 0.409 e. The van der Waals surface area contributed by atoms with E-state index in [1.165, 1.54) is 0 Å². The number of carbonyl (C=O) groups excluding carboxylic acids is 1. The van der Waals surface area contributed by atoms with Gasteiger partial charge in [-0.3, -0.25) is 4.98 Å². The van der Waals surface area contributed by atoms with Gasteiger partial charge in [-0.2, -0.15) is 4.98 Å². The third-order valence-electron chi connectivity index (χ3n) is 4.43. The van der Waals surface area contributed by atoms with Crippen LogP contribution in [0.15, 0.2) is 30.6 Å². The van der Waals surface area contributed by atoms with Crippen molar-refractivity contribution in [2.24, 2.45) is 0 Å². The highest BCUT2D eigenvalue weighted by Gasteiger charge is 2.24. The van der Waals surface area contributed by atoms with Crippen LogP contribution in [0.1, 0.15) is 31.0 Å². The first kappa shape index (κ1) is 18.9. The van der Waals surface area contributed by atoms with E-state index in [1.54, 1.807) is 17.3 Å². The lowest BCUT2D eigenvalue weighted by Crippen LogP contribution is -2.42. The Labute approximate surface area is 159 Å². The minimum atomic E-state index is -0.231. The van der Waals surface area contributed by atoms with E-state index in [2.05, 4.69) is 25.6 Å². The van der Waals surface area contributed by atoms with Gasteiger partial charge in [0.2, 0.25) is 5.95 Å². The lowest BCUT2D eigenvalue weighted by molar-refractivity contribution is 0.0983. The number of piperidine rings is 1. The molecule has 2 aromatic rings. The van der Waals surface area contributed by atoms with Crippen LogP contribution in [-0.2, 0) is 11.3 Å². The molecule has 0 radical (unpaired) electrons. The molecule has 144 valence electrons. The first-order chi connectivity index (χ1) is 13.1. The molecule has 8 heteroatoms. The Morgan fingerprint density at radius 1 is 1.26 bits per heavy atom. The monoisotopic (exact) mass is 370 g/mol. The lowest BCUT2D eigenvalue weighted by Gasteiger charge is -2.31. The van der Waals surface area contributed by atoms with E-state index in [0.29, 0.717) is 32.2 Å². The van der Waals surface area contributed by atoms with Crippen molar-refractivity contribution in [3.8, 4) is 0 Å². The van der Waals surface area contributed by atoms with Crippen LogP contribution in [0, 0.1) is 6.92 Å². The predicted molar refractivity (Wildman–Crippen MR) is 104 cm³/mol. The van der Waals surface area contributed by atoms with Crippen molar-refractivity contribution in [1.29, 1.82) is 0 Å².